The number of nitrogens with zero attached hydrogens (tertiary/aromatic N) is 2. The average molecular weight is 380 g/mol. The highest BCUT2D eigenvalue weighted by molar-refractivity contribution is 7.89. The number of benzene rings is 1. The molecule has 0 radical (unpaired) electrons. The van der Waals surface area contributed by atoms with Crippen LogP contribution in [0.2, 0.25) is 0 Å². The summed E-state index contributed by atoms with van der Waals surface area (Å²) in [5.74, 6) is 0.0949. The van der Waals surface area contributed by atoms with E-state index in [1.54, 1.807) is 28.6 Å². The second-order valence-corrected chi connectivity index (χ2v) is 9.29. The van der Waals surface area contributed by atoms with Crippen LogP contribution in [0.4, 0.5) is 0 Å². The molecule has 26 heavy (non-hydrogen) atoms. The van der Waals surface area contributed by atoms with Crippen molar-refractivity contribution in [1.82, 2.24) is 14.5 Å². The lowest BCUT2D eigenvalue weighted by molar-refractivity contribution is -0.134. The first-order valence-corrected chi connectivity index (χ1v) is 11.0. The fraction of sp³-hybridized carbons (Fsp3) is 0.632. The van der Waals surface area contributed by atoms with Gasteiger partial charge in [0.25, 0.3) is 0 Å². The van der Waals surface area contributed by atoms with Crippen LogP contribution in [0.5, 0.6) is 0 Å². The minimum absolute atomic E-state index is 0.0949. The Balaban J connectivity index is 1.66. The molecule has 0 aliphatic carbocycles. The number of piperidine rings is 1. The fourth-order valence-electron chi connectivity index (χ4n) is 3.72. The van der Waals surface area contributed by atoms with Gasteiger partial charge in [0.2, 0.25) is 15.9 Å². The van der Waals surface area contributed by atoms with E-state index in [4.69, 9.17) is 0 Å². The summed E-state index contributed by atoms with van der Waals surface area (Å²) in [7, 11) is -3.41. The predicted octanol–water partition coefficient (Wildman–Crippen LogP) is 1.61. The molecule has 3 rings (SSSR count). The Kier molecular flexibility index (Phi) is 5.99. The molecule has 2 fully saturated rings. The largest absolute Gasteiger partial charge is 0.337 e. The van der Waals surface area contributed by atoms with Crippen LogP contribution in [0.15, 0.2) is 29.2 Å². The number of sulfonamides is 1. The molecule has 0 bridgehead atoms. The van der Waals surface area contributed by atoms with Crippen LogP contribution in [0.1, 0.15) is 38.7 Å². The van der Waals surface area contributed by atoms with Crippen molar-refractivity contribution in [2.24, 2.45) is 0 Å². The maximum atomic E-state index is 12.7. The van der Waals surface area contributed by atoms with Gasteiger partial charge >= 0.3 is 0 Å². The van der Waals surface area contributed by atoms with Crippen LogP contribution >= 0.6 is 0 Å². The smallest absolute Gasteiger partial charge is 0.243 e. The van der Waals surface area contributed by atoms with E-state index in [0.717, 1.165) is 31.4 Å². The van der Waals surface area contributed by atoms with Crippen LogP contribution in [0.25, 0.3) is 0 Å². The number of hydrogen-bond acceptors (Lipinski definition) is 4. The van der Waals surface area contributed by atoms with Crippen LogP contribution in [-0.2, 0) is 21.2 Å². The van der Waals surface area contributed by atoms with Gasteiger partial charge in [0.1, 0.15) is 0 Å². The molecule has 7 heteroatoms. The molecule has 144 valence electrons. The molecular formula is C19H29N3O3S. The lowest BCUT2D eigenvalue weighted by Gasteiger charge is -2.38. The first-order valence-electron chi connectivity index (χ1n) is 9.51. The quantitative estimate of drug-likeness (QED) is 0.863. The number of carbonyl (C=O) groups excluding carboxylic acids is 1. The van der Waals surface area contributed by atoms with E-state index in [0.29, 0.717) is 31.0 Å². The van der Waals surface area contributed by atoms with Gasteiger partial charge in [0.05, 0.1) is 11.3 Å². The van der Waals surface area contributed by atoms with Gasteiger partial charge in [0.15, 0.2) is 0 Å². The Morgan fingerprint density at radius 1 is 1.08 bits per heavy atom. The minimum Gasteiger partial charge on any atom is -0.337 e. The summed E-state index contributed by atoms with van der Waals surface area (Å²) in [6, 6.07) is 7.25. The molecule has 0 saturated carbocycles. The van der Waals surface area contributed by atoms with E-state index in [2.05, 4.69) is 19.2 Å². The van der Waals surface area contributed by atoms with Gasteiger partial charge in [-0.15, -0.1) is 0 Å². The zero-order valence-electron chi connectivity index (χ0n) is 15.6. The van der Waals surface area contributed by atoms with Crippen LogP contribution < -0.4 is 5.32 Å². The Morgan fingerprint density at radius 3 is 2.38 bits per heavy atom. The molecule has 0 spiro atoms. The average Bonchev–Trinajstić information content (AvgIpc) is 2.65. The first kappa shape index (κ1) is 19.3. The Labute approximate surface area is 156 Å². The summed E-state index contributed by atoms with van der Waals surface area (Å²) < 4.78 is 27.0. The molecule has 2 aliphatic rings. The zero-order valence-corrected chi connectivity index (χ0v) is 16.5. The summed E-state index contributed by atoms with van der Waals surface area (Å²) in [5, 5.41) is 3.37. The van der Waals surface area contributed by atoms with Crippen molar-refractivity contribution in [3.05, 3.63) is 29.8 Å². The molecule has 2 saturated heterocycles. The maximum Gasteiger partial charge on any atom is 0.243 e. The molecule has 0 aromatic heterocycles. The highest BCUT2D eigenvalue weighted by Crippen LogP contribution is 2.21. The van der Waals surface area contributed by atoms with Gasteiger partial charge in [-0.25, -0.2) is 8.42 Å². The van der Waals surface area contributed by atoms with Crippen molar-refractivity contribution < 1.29 is 13.2 Å². The van der Waals surface area contributed by atoms with Crippen molar-refractivity contribution in [2.45, 2.75) is 56.5 Å². The molecule has 2 atom stereocenters. The monoisotopic (exact) mass is 379 g/mol. The van der Waals surface area contributed by atoms with Crippen molar-refractivity contribution in [3.63, 3.8) is 0 Å². The molecular weight excluding hydrogens is 350 g/mol. The van der Waals surface area contributed by atoms with Crippen LogP contribution in [0, 0.1) is 0 Å². The third-order valence-corrected chi connectivity index (χ3v) is 7.50. The molecule has 2 aliphatic heterocycles. The SMILES string of the molecule is CC1NCCN(C(=O)Cc2ccc(S(=O)(=O)N3CCCCC3)cc2)C1C. The second kappa shape index (κ2) is 8.06. The van der Waals surface area contributed by atoms with Crippen molar-refractivity contribution in [2.75, 3.05) is 26.2 Å². The number of amides is 1. The lowest BCUT2D eigenvalue weighted by atomic mass is 10.1. The van der Waals surface area contributed by atoms with E-state index in [1.165, 1.54) is 0 Å². The minimum atomic E-state index is -3.41. The summed E-state index contributed by atoms with van der Waals surface area (Å²) >= 11 is 0. The molecule has 2 heterocycles. The van der Waals surface area contributed by atoms with E-state index >= 15 is 0 Å². The normalized spacial score (nSPS) is 25.2. The first-order chi connectivity index (χ1) is 12.4. The Hall–Kier alpha value is -1.44. The van der Waals surface area contributed by atoms with E-state index in [1.807, 2.05) is 4.90 Å². The van der Waals surface area contributed by atoms with Gasteiger partial charge in [-0.05, 0) is 44.4 Å². The topological polar surface area (TPSA) is 69.7 Å². The van der Waals surface area contributed by atoms with Crippen LogP contribution in [-0.4, -0.2) is 61.8 Å². The van der Waals surface area contributed by atoms with Crippen molar-refractivity contribution in [3.8, 4) is 0 Å². The van der Waals surface area contributed by atoms with Crippen LogP contribution in [0.3, 0.4) is 0 Å². The number of rotatable bonds is 4. The van der Waals surface area contributed by atoms with Gasteiger partial charge in [0, 0.05) is 38.3 Å². The second-order valence-electron chi connectivity index (χ2n) is 7.36. The third kappa shape index (κ3) is 4.10. The number of hydrogen-bond donors (Lipinski definition) is 1. The van der Waals surface area contributed by atoms with E-state index < -0.39 is 10.0 Å². The number of carbonyl (C=O) groups is 1. The zero-order chi connectivity index (χ0) is 18.7. The number of piperazine rings is 1. The summed E-state index contributed by atoms with van der Waals surface area (Å²) in [6.45, 7) is 6.87. The van der Waals surface area contributed by atoms with E-state index in [-0.39, 0.29) is 18.0 Å². The molecule has 2 unspecified atom stereocenters. The Morgan fingerprint density at radius 2 is 1.73 bits per heavy atom. The fourth-order valence-corrected chi connectivity index (χ4v) is 5.24. The van der Waals surface area contributed by atoms with Gasteiger partial charge in [-0.2, -0.15) is 4.31 Å². The maximum absolute atomic E-state index is 12.7. The van der Waals surface area contributed by atoms with Gasteiger partial charge in [-0.1, -0.05) is 18.6 Å². The highest BCUT2D eigenvalue weighted by atomic mass is 32.2. The lowest BCUT2D eigenvalue weighted by Crippen LogP contribution is -2.57. The predicted molar refractivity (Wildman–Crippen MR) is 101 cm³/mol. The summed E-state index contributed by atoms with van der Waals surface area (Å²) in [4.78, 5) is 14.9. The number of nitrogens with one attached hydrogen (secondary N) is 1. The highest BCUT2D eigenvalue weighted by Gasteiger charge is 2.28. The molecule has 1 aromatic carbocycles. The van der Waals surface area contributed by atoms with E-state index in [9.17, 15) is 13.2 Å². The van der Waals surface area contributed by atoms with Gasteiger partial charge < -0.3 is 10.2 Å². The Bertz CT molecular complexity index is 727. The standard InChI is InChI=1S/C19H29N3O3S/c1-15-16(2)22(13-10-20-15)19(23)14-17-6-8-18(9-7-17)26(24,25)21-11-4-3-5-12-21/h6-9,15-16,20H,3-5,10-14H2,1-2H3. The molecule has 1 amide bonds. The molecule has 1 aromatic rings. The summed E-state index contributed by atoms with van der Waals surface area (Å²) in [5.41, 5.74) is 0.853. The summed E-state index contributed by atoms with van der Waals surface area (Å²) in [6.07, 6.45) is 3.25. The van der Waals surface area contributed by atoms with Crippen molar-refractivity contribution >= 4 is 15.9 Å². The third-order valence-electron chi connectivity index (χ3n) is 5.59. The van der Waals surface area contributed by atoms with Gasteiger partial charge in [-0.3, -0.25) is 4.79 Å². The van der Waals surface area contributed by atoms with Crippen molar-refractivity contribution in [1.29, 1.82) is 0 Å². The molecule has 1 N–H and O–H groups in total. The molecule has 6 nitrogen and oxygen atoms in total.